The predicted molar refractivity (Wildman–Crippen MR) is 55.9 cm³/mol. The molecule has 0 heterocycles. The molecule has 76 valence electrons. The lowest BCUT2D eigenvalue weighted by Crippen LogP contribution is -2.30. The lowest BCUT2D eigenvalue weighted by Gasteiger charge is -2.21. The van der Waals surface area contributed by atoms with E-state index in [0.29, 0.717) is 5.69 Å². The largest absolute Gasteiger partial charge is 0.468 e. The molecule has 3 heteroatoms. The summed E-state index contributed by atoms with van der Waals surface area (Å²) in [6.45, 7) is 3.65. The van der Waals surface area contributed by atoms with Gasteiger partial charge < -0.3 is 10.5 Å². The molecule has 0 amide bonds. The molecule has 0 aliphatic carbocycles. The first-order valence-electron chi connectivity index (χ1n) is 4.43. The minimum Gasteiger partial charge on any atom is -0.468 e. The average Bonchev–Trinajstić information content (AvgIpc) is 2.17. The van der Waals surface area contributed by atoms with E-state index >= 15 is 0 Å². The predicted octanol–water partition coefficient (Wildman–Crippen LogP) is 1.72. The Morgan fingerprint density at radius 2 is 1.79 bits per heavy atom. The minimum absolute atomic E-state index is 0.248. The van der Waals surface area contributed by atoms with Crippen LogP contribution in [-0.4, -0.2) is 13.1 Å². The van der Waals surface area contributed by atoms with Crippen LogP contribution >= 0.6 is 0 Å². The molecule has 14 heavy (non-hydrogen) atoms. The summed E-state index contributed by atoms with van der Waals surface area (Å²) in [7, 11) is 1.39. The zero-order valence-corrected chi connectivity index (χ0v) is 8.70. The summed E-state index contributed by atoms with van der Waals surface area (Å²) in [6, 6.07) is 7.23. The first kappa shape index (κ1) is 10.6. The van der Waals surface area contributed by atoms with Crippen LogP contribution in [0, 0.1) is 0 Å². The van der Waals surface area contributed by atoms with Crippen molar-refractivity contribution in [2.75, 3.05) is 12.8 Å². The summed E-state index contributed by atoms with van der Waals surface area (Å²) in [4.78, 5) is 11.5. The van der Waals surface area contributed by atoms with Crippen molar-refractivity contribution in [2.45, 2.75) is 19.3 Å². The fourth-order valence-electron chi connectivity index (χ4n) is 1.27. The Morgan fingerprint density at radius 3 is 2.21 bits per heavy atom. The first-order valence-corrected chi connectivity index (χ1v) is 4.43. The molecule has 0 aliphatic heterocycles. The molecule has 2 N–H and O–H groups in total. The van der Waals surface area contributed by atoms with Gasteiger partial charge in [0.2, 0.25) is 0 Å². The van der Waals surface area contributed by atoms with Crippen LogP contribution in [0.4, 0.5) is 5.69 Å². The highest BCUT2D eigenvalue weighted by molar-refractivity contribution is 5.82. The molecular weight excluding hydrogens is 178 g/mol. The van der Waals surface area contributed by atoms with Gasteiger partial charge in [-0.1, -0.05) is 12.1 Å². The second-order valence-electron chi connectivity index (χ2n) is 3.74. The number of methoxy groups -OCH3 is 1. The molecule has 0 unspecified atom stereocenters. The van der Waals surface area contributed by atoms with E-state index in [-0.39, 0.29) is 5.97 Å². The quantitative estimate of drug-likeness (QED) is 0.574. The molecule has 0 spiro atoms. The topological polar surface area (TPSA) is 52.3 Å². The summed E-state index contributed by atoms with van der Waals surface area (Å²) in [5.74, 6) is -0.248. The standard InChI is InChI=1S/C11H15NO2/c1-11(2,10(13)14-3)8-4-6-9(12)7-5-8/h4-7H,12H2,1-3H3. The lowest BCUT2D eigenvalue weighted by molar-refractivity contribution is -0.146. The van der Waals surface area contributed by atoms with Crippen molar-refractivity contribution in [3.05, 3.63) is 29.8 Å². The van der Waals surface area contributed by atoms with Crippen molar-refractivity contribution in [3.8, 4) is 0 Å². The highest BCUT2D eigenvalue weighted by Gasteiger charge is 2.30. The highest BCUT2D eigenvalue weighted by Crippen LogP contribution is 2.25. The fraction of sp³-hybridized carbons (Fsp3) is 0.364. The molecule has 1 aromatic rings. The summed E-state index contributed by atoms with van der Waals surface area (Å²) in [5, 5.41) is 0. The number of nitrogens with two attached hydrogens (primary N) is 1. The van der Waals surface area contributed by atoms with Gasteiger partial charge in [0.25, 0.3) is 0 Å². The monoisotopic (exact) mass is 193 g/mol. The Hall–Kier alpha value is -1.51. The van der Waals surface area contributed by atoms with E-state index in [1.807, 2.05) is 26.0 Å². The minimum atomic E-state index is -0.623. The van der Waals surface area contributed by atoms with Crippen LogP contribution in [0.5, 0.6) is 0 Å². The molecule has 0 aliphatic rings. The summed E-state index contributed by atoms with van der Waals surface area (Å²) >= 11 is 0. The molecule has 0 atom stereocenters. The van der Waals surface area contributed by atoms with E-state index in [1.165, 1.54) is 7.11 Å². The number of hydrogen-bond donors (Lipinski definition) is 1. The number of benzene rings is 1. The third-order valence-corrected chi connectivity index (χ3v) is 2.33. The fourth-order valence-corrected chi connectivity index (χ4v) is 1.27. The third kappa shape index (κ3) is 1.87. The van der Waals surface area contributed by atoms with Gasteiger partial charge in [-0.15, -0.1) is 0 Å². The van der Waals surface area contributed by atoms with Gasteiger partial charge in [0.1, 0.15) is 0 Å². The number of carbonyl (C=O) groups is 1. The van der Waals surface area contributed by atoms with Gasteiger partial charge in [-0.25, -0.2) is 0 Å². The number of ether oxygens (including phenoxy) is 1. The van der Waals surface area contributed by atoms with Gasteiger partial charge >= 0.3 is 5.97 Å². The van der Waals surface area contributed by atoms with E-state index in [1.54, 1.807) is 12.1 Å². The summed E-state index contributed by atoms with van der Waals surface area (Å²) in [6.07, 6.45) is 0. The Balaban J connectivity index is 3.03. The Morgan fingerprint density at radius 1 is 1.29 bits per heavy atom. The smallest absolute Gasteiger partial charge is 0.315 e. The Kier molecular flexibility index (Phi) is 2.79. The molecule has 0 saturated heterocycles. The van der Waals surface area contributed by atoms with E-state index in [9.17, 15) is 4.79 Å². The maximum Gasteiger partial charge on any atom is 0.315 e. The average molecular weight is 193 g/mol. The molecule has 0 aromatic heterocycles. The maximum absolute atomic E-state index is 11.5. The second-order valence-corrected chi connectivity index (χ2v) is 3.74. The van der Waals surface area contributed by atoms with Crippen molar-refractivity contribution in [1.82, 2.24) is 0 Å². The first-order chi connectivity index (χ1) is 6.48. The van der Waals surface area contributed by atoms with Gasteiger partial charge in [-0.2, -0.15) is 0 Å². The van der Waals surface area contributed by atoms with Gasteiger partial charge in [-0.3, -0.25) is 4.79 Å². The molecule has 0 fully saturated rings. The molecule has 0 saturated carbocycles. The van der Waals surface area contributed by atoms with Crippen LogP contribution in [0.2, 0.25) is 0 Å². The number of anilines is 1. The third-order valence-electron chi connectivity index (χ3n) is 2.33. The van der Waals surface area contributed by atoms with Crippen molar-refractivity contribution in [3.63, 3.8) is 0 Å². The second kappa shape index (κ2) is 3.70. The number of nitrogen functional groups attached to an aromatic ring is 1. The van der Waals surface area contributed by atoms with Crippen LogP contribution in [0.1, 0.15) is 19.4 Å². The zero-order chi connectivity index (χ0) is 10.8. The lowest BCUT2D eigenvalue weighted by atomic mass is 9.85. The maximum atomic E-state index is 11.5. The van der Waals surface area contributed by atoms with Crippen LogP contribution < -0.4 is 5.73 Å². The molecular formula is C11H15NO2. The molecule has 0 radical (unpaired) electrons. The van der Waals surface area contributed by atoms with E-state index < -0.39 is 5.41 Å². The van der Waals surface area contributed by atoms with Crippen molar-refractivity contribution >= 4 is 11.7 Å². The number of rotatable bonds is 2. The number of esters is 1. The van der Waals surface area contributed by atoms with Crippen molar-refractivity contribution in [1.29, 1.82) is 0 Å². The van der Waals surface area contributed by atoms with Crippen LogP contribution in [-0.2, 0) is 14.9 Å². The number of carbonyl (C=O) groups excluding carboxylic acids is 1. The van der Waals surface area contributed by atoms with E-state index in [0.717, 1.165) is 5.56 Å². The van der Waals surface area contributed by atoms with Crippen LogP contribution in [0.25, 0.3) is 0 Å². The van der Waals surface area contributed by atoms with Crippen LogP contribution in [0.3, 0.4) is 0 Å². The molecule has 3 nitrogen and oxygen atoms in total. The Labute approximate surface area is 83.9 Å². The van der Waals surface area contributed by atoms with Gasteiger partial charge in [-0.05, 0) is 31.5 Å². The highest BCUT2D eigenvalue weighted by atomic mass is 16.5. The summed E-state index contributed by atoms with van der Waals surface area (Å²) in [5.41, 5.74) is 6.53. The zero-order valence-electron chi connectivity index (χ0n) is 8.70. The summed E-state index contributed by atoms with van der Waals surface area (Å²) < 4.78 is 4.73. The molecule has 1 rings (SSSR count). The van der Waals surface area contributed by atoms with Crippen molar-refractivity contribution in [2.24, 2.45) is 0 Å². The number of hydrogen-bond acceptors (Lipinski definition) is 3. The SMILES string of the molecule is COC(=O)C(C)(C)c1ccc(N)cc1. The van der Waals surface area contributed by atoms with Gasteiger partial charge in [0, 0.05) is 5.69 Å². The van der Waals surface area contributed by atoms with Gasteiger partial charge in [0.15, 0.2) is 0 Å². The molecule has 0 bridgehead atoms. The van der Waals surface area contributed by atoms with E-state index in [4.69, 9.17) is 10.5 Å². The van der Waals surface area contributed by atoms with Crippen molar-refractivity contribution < 1.29 is 9.53 Å². The van der Waals surface area contributed by atoms with E-state index in [2.05, 4.69) is 0 Å². The normalized spacial score (nSPS) is 11.1. The molecule has 1 aromatic carbocycles. The van der Waals surface area contributed by atoms with Gasteiger partial charge in [0.05, 0.1) is 12.5 Å². The Bertz CT molecular complexity index is 328. The van der Waals surface area contributed by atoms with Crippen LogP contribution in [0.15, 0.2) is 24.3 Å².